The summed E-state index contributed by atoms with van der Waals surface area (Å²) < 4.78 is 14.0. The molecule has 0 aliphatic carbocycles. The number of anilines is 1. The predicted molar refractivity (Wildman–Crippen MR) is 72.6 cm³/mol. The summed E-state index contributed by atoms with van der Waals surface area (Å²) in [6, 6.07) is 9.24. The van der Waals surface area contributed by atoms with Gasteiger partial charge in [-0.3, -0.25) is 4.90 Å². The summed E-state index contributed by atoms with van der Waals surface area (Å²) in [5.74, 6) is -0.453. The van der Waals surface area contributed by atoms with Gasteiger partial charge in [0.15, 0.2) is 0 Å². The van der Waals surface area contributed by atoms with Crippen molar-refractivity contribution in [3.8, 4) is 0 Å². The van der Waals surface area contributed by atoms with Gasteiger partial charge >= 0.3 is 6.09 Å². The van der Waals surface area contributed by atoms with Gasteiger partial charge in [-0.1, -0.05) is 6.07 Å². The molecule has 0 radical (unpaired) electrons. The Morgan fingerprint density at radius 1 is 1.39 bits per heavy atom. The molecule has 0 aliphatic rings. The van der Waals surface area contributed by atoms with E-state index in [4.69, 9.17) is 0 Å². The number of benzene rings is 1. The standard InChI is InChI=1S/C12H9BrFNO2S/c13-11-5-4-10(18-11)7-15(12(16)17)9-3-1-2-8(14)6-9/h1-6H,7H2,(H,16,17). The molecular formula is C12H9BrFNO2S. The molecular weight excluding hydrogens is 321 g/mol. The second-order valence-corrected chi connectivity index (χ2v) is 6.10. The Morgan fingerprint density at radius 2 is 2.17 bits per heavy atom. The summed E-state index contributed by atoms with van der Waals surface area (Å²) in [7, 11) is 0. The second-order valence-electron chi connectivity index (χ2n) is 3.55. The third kappa shape index (κ3) is 3.08. The van der Waals surface area contributed by atoms with Gasteiger partial charge in [0.2, 0.25) is 0 Å². The van der Waals surface area contributed by atoms with Gasteiger partial charge in [0.1, 0.15) is 5.82 Å². The molecule has 0 aliphatic heterocycles. The largest absolute Gasteiger partial charge is 0.465 e. The lowest BCUT2D eigenvalue weighted by Crippen LogP contribution is -2.28. The highest BCUT2D eigenvalue weighted by Crippen LogP contribution is 2.25. The van der Waals surface area contributed by atoms with Gasteiger partial charge in [-0.2, -0.15) is 0 Å². The van der Waals surface area contributed by atoms with E-state index in [2.05, 4.69) is 15.9 Å². The van der Waals surface area contributed by atoms with Crippen molar-refractivity contribution in [3.63, 3.8) is 0 Å². The van der Waals surface area contributed by atoms with E-state index in [9.17, 15) is 14.3 Å². The SMILES string of the molecule is O=C(O)N(Cc1ccc(Br)s1)c1cccc(F)c1. The monoisotopic (exact) mass is 329 g/mol. The van der Waals surface area contributed by atoms with Gasteiger partial charge in [0, 0.05) is 4.88 Å². The summed E-state index contributed by atoms with van der Waals surface area (Å²) in [6.45, 7) is 0.203. The van der Waals surface area contributed by atoms with Gasteiger partial charge in [0.25, 0.3) is 0 Å². The Balaban J connectivity index is 2.26. The normalized spacial score (nSPS) is 10.3. The molecule has 1 N–H and O–H groups in total. The van der Waals surface area contributed by atoms with Crippen LogP contribution in [0.25, 0.3) is 0 Å². The number of amides is 1. The Labute approximate surface area is 116 Å². The van der Waals surface area contributed by atoms with Gasteiger partial charge in [0.05, 0.1) is 16.0 Å². The Hall–Kier alpha value is -1.40. The van der Waals surface area contributed by atoms with Crippen molar-refractivity contribution >= 4 is 39.0 Å². The molecule has 18 heavy (non-hydrogen) atoms. The van der Waals surface area contributed by atoms with Crippen molar-refractivity contribution < 1.29 is 14.3 Å². The maximum atomic E-state index is 13.1. The smallest absolute Gasteiger partial charge is 0.412 e. The highest BCUT2D eigenvalue weighted by Gasteiger charge is 2.16. The first-order chi connectivity index (χ1) is 8.56. The summed E-state index contributed by atoms with van der Waals surface area (Å²) in [4.78, 5) is 13.2. The van der Waals surface area contributed by atoms with Gasteiger partial charge in [-0.15, -0.1) is 11.3 Å². The Kier molecular flexibility index (Phi) is 3.98. The topological polar surface area (TPSA) is 40.5 Å². The zero-order chi connectivity index (χ0) is 13.1. The van der Waals surface area contributed by atoms with E-state index in [1.807, 2.05) is 12.1 Å². The number of halogens is 2. The number of carbonyl (C=O) groups is 1. The van der Waals surface area contributed by atoms with Crippen LogP contribution in [-0.2, 0) is 6.54 Å². The second kappa shape index (κ2) is 5.49. The van der Waals surface area contributed by atoms with Crippen LogP contribution in [0.4, 0.5) is 14.9 Å². The summed E-state index contributed by atoms with van der Waals surface area (Å²) >= 11 is 4.77. The molecule has 2 rings (SSSR count). The van der Waals surface area contributed by atoms with E-state index in [0.717, 1.165) is 13.6 Å². The lowest BCUT2D eigenvalue weighted by molar-refractivity contribution is 0.201. The van der Waals surface area contributed by atoms with Crippen molar-refractivity contribution in [2.24, 2.45) is 0 Å². The van der Waals surface area contributed by atoms with E-state index in [0.29, 0.717) is 5.69 Å². The maximum Gasteiger partial charge on any atom is 0.412 e. The molecule has 2 aromatic rings. The van der Waals surface area contributed by atoms with Crippen LogP contribution in [0.15, 0.2) is 40.2 Å². The third-order valence-corrected chi connectivity index (χ3v) is 3.90. The predicted octanol–water partition coefficient (Wildman–Crippen LogP) is 4.33. The van der Waals surface area contributed by atoms with Crippen LogP contribution < -0.4 is 4.90 Å². The number of nitrogens with zero attached hydrogens (tertiary/aromatic N) is 1. The molecule has 0 bridgehead atoms. The number of rotatable bonds is 3. The first-order valence-electron chi connectivity index (χ1n) is 5.06. The van der Waals surface area contributed by atoms with Gasteiger partial charge < -0.3 is 5.11 Å². The van der Waals surface area contributed by atoms with Crippen molar-refractivity contribution in [2.45, 2.75) is 6.54 Å². The van der Waals surface area contributed by atoms with Gasteiger partial charge in [-0.25, -0.2) is 9.18 Å². The van der Waals surface area contributed by atoms with E-state index in [1.54, 1.807) is 6.07 Å². The van der Waals surface area contributed by atoms with Crippen LogP contribution in [0.2, 0.25) is 0 Å². The molecule has 0 atom stereocenters. The number of hydrogen-bond acceptors (Lipinski definition) is 2. The van der Waals surface area contributed by atoms with Gasteiger partial charge in [-0.05, 0) is 46.3 Å². The number of carboxylic acid groups (broad SMARTS) is 1. The van der Waals surface area contributed by atoms with E-state index >= 15 is 0 Å². The molecule has 3 nitrogen and oxygen atoms in total. The van der Waals surface area contributed by atoms with Crippen molar-refractivity contribution in [1.29, 1.82) is 0 Å². The molecule has 0 spiro atoms. The molecule has 0 fully saturated rings. The van der Waals surface area contributed by atoms with Crippen LogP contribution in [-0.4, -0.2) is 11.2 Å². The van der Waals surface area contributed by atoms with E-state index < -0.39 is 11.9 Å². The zero-order valence-electron chi connectivity index (χ0n) is 9.14. The summed E-state index contributed by atoms with van der Waals surface area (Å²) in [6.07, 6.45) is -1.11. The maximum absolute atomic E-state index is 13.1. The first kappa shape index (κ1) is 13.0. The average Bonchev–Trinajstić information content (AvgIpc) is 2.71. The minimum atomic E-state index is -1.11. The molecule has 1 amide bonds. The lowest BCUT2D eigenvalue weighted by atomic mass is 10.3. The average molecular weight is 330 g/mol. The Morgan fingerprint density at radius 3 is 2.72 bits per heavy atom. The summed E-state index contributed by atoms with van der Waals surface area (Å²) in [5.41, 5.74) is 0.326. The Bertz CT molecular complexity index is 573. The highest BCUT2D eigenvalue weighted by atomic mass is 79.9. The molecule has 6 heteroatoms. The summed E-state index contributed by atoms with van der Waals surface area (Å²) in [5, 5.41) is 9.18. The molecule has 0 saturated heterocycles. The quantitative estimate of drug-likeness (QED) is 0.910. The first-order valence-corrected chi connectivity index (χ1v) is 6.67. The van der Waals surface area contributed by atoms with Crippen LogP contribution in [0.1, 0.15) is 4.88 Å². The molecule has 0 saturated carbocycles. The van der Waals surface area contributed by atoms with Crippen LogP contribution in [0, 0.1) is 5.82 Å². The van der Waals surface area contributed by atoms with Crippen LogP contribution in [0.5, 0.6) is 0 Å². The van der Waals surface area contributed by atoms with Crippen molar-refractivity contribution in [2.75, 3.05) is 4.90 Å². The van der Waals surface area contributed by atoms with E-state index in [1.165, 1.54) is 29.5 Å². The van der Waals surface area contributed by atoms with Crippen molar-refractivity contribution in [1.82, 2.24) is 0 Å². The fraction of sp³-hybridized carbons (Fsp3) is 0.0833. The molecule has 1 heterocycles. The highest BCUT2D eigenvalue weighted by molar-refractivity contribution is 9.11. The third-order valence-electron chi connectivity index (χ3n) is 2.29. The zero-order valence-corrected chi connectivity index (χ0v) is 11.5. The van der Waals surface area contributed by atoms with Crippen molar-refractivity contribution in [3.05, 3.63) is 50.9 Å². The molecule has 0 unspecified atom stereocenters. The fourth-order valence-corrected chi connectivity index (χ4v) is 2.98. The van der Waals surface area contributed by atoms with E-state index in [-0.39, 0.29) is 6.54 Å². The molecule has 94 valence electrons. The minimum absolute atomic E-state index is 0.203. The van der Waals surface area contributed by atoms with Crippen LogP contribution in [0.3, 0.4) is 0 Å². The fourth-order valence-electron chi connectivity index (χ4n) is 1.51. The number of hydrogen-bond donors (Lipinski definition) is 1. The minimum Gasteiger partial charge on any atom is -0.465 e. The molecule has 1 aromatic heterocycles. The lowest BCUT2D eigenvalue weighted by Gasteiger charge is -2.18. The van der Waals surface area contributed by atoms with Crippen LogP contribution >= 0.6 is 27.3 Å². The molecule has 1 aromatic carbocycles. The number of thiophene rings is 1.